The van der Waals surface area contributed by atoms with Crippen LogP contribution >= 0.6 is 0 Å². The predicted octanol–water partition coefficient (Wildman–Crippen LogP) is 3.37. The molecule has 2 aromatic rings. The third kappa shape index (κ3) is 2.58. The first-order valence-electron chi connectivity index (χ1n) is 8.60. The van der Waals surface area contributed by atoms with Crippen LogP contribution in [-0.2, 0) is 19.4 Å². The highest BCUT2D eigenvalue weighted by molar-refractivity contribution is 7.92. The number of sulfone groups is 1. The van der Waals surface area contributed by atoms with E-state index in [2.05, 4.69) is 0 Å². The molecule has 25 heavy (non-hydrogen) atoms. The van der Waals surface area contributed by atoms with E-state index in [0.717, 1.165) is 10.8 Å². The number of hydrogen-bond donors (Lipinski definition) is 0. The number of carbonyl (C=O) groups is 1. The molecule has 1 saturated carbocycles. The maximum absolute atomic E-state index is 13.3. The zero-order chi connectivity index (χ0) is 17.6. The fraction of sp³-hybridized carbons (Fsp3) is 0.350. The number of ether oxygens (including phenoxy) is 1. The van der Waals surface area contributed by atoms with Crippen molar-refractivity contribution < 1.29 is 17.9 Å². The lowest BCUT2D eigenvalue weighted by Gasteiger charge is -2.26. The molecule has 0 aliphatic heterocycles. The Labute approximate surface area is 147 Å². The van der Waals surface area contributed by atoms with Crippen LogP contribution in [0.5, 0.6) is 0 Å². The van der Waals surface area contributed by atoms with Crippen molar-refractivity contribution in [2.24, 2.45) is 17.8 Å². The van der Waals surface area contributed by atoms with E-state index in [9.17, 15) is 13.2 Å². The Morgan fingerprint density at radius 1 is 1.08 bits per heavy atom. The summed E-state index contributed by atoms with van der Waals surface area (Å²) in [6.45, 7) is 2.01. The molecule has 0 heterocycles. The van der Waals surface area contributed by atoms with E-state index < -0.39 is 27.0 Å². The third-order valence-electron chi connectivity index (χ3n) is 5.35. The van der Waals surface area contributed by atoms with Gasteiger partial charge in [-0.05, 0) is 48.1 Å². The van der Waals surface area contributed by atoms with Crippen LogP contribution in [0.2, 0.25) is 0 Å². The average molecular weight is 356 g/mol. The van der Waals surface area contributed by atoms with Gasteiger partial charge in [-0.15, -0.1) is 0 Å². The minimum atomic E-state index is -3.63. The second-order valence-electron chi connectivity index (χ2n) is 6.74. The van der Waals surface area contributed by atoms with E-state index in [-0.39, 0.29) is 23.3 Å². The molecule has 2 bridgehead atoms. The minimum Gasteiger partial charge on any atom is -0.466 e. The highest BCUT2D eigenvalue weighted by Gasteiger charge is 2.55. The molecule has 2 aromatic carbocycles. The fourth-order valence-electron chi connectivity index (χ4n) is 4.25. The first-order chi connectivity index (χ1) is 12.0. The van der Waals surface area contributed by atoms with Gasteiger partial charge in [-0.1, -0.05) is 42.5 Å². The van der Waals surface area contributed by atoms with Gasteiger partial charge in [-0.2, -0.15) is 0 Å². The molecule has 4 atom stereocenters. The van der Waals surface area contributed by atoms with Crippen molar-refractivity contribution in [1.82, 2.24) is 0 Å². The standard InChI is InChI=1S/C20H20O4S/c1-2-24-20(21)18-15-7-8-16(11-15)19(18)25(22,23)17-10-9-13-5-3-4-6-14(13)12-17/h3-10,12,15-16,18-19H,2,11H2,1H3/t15-,16+,18-,19+/m0/s1. The van der Waals surface area contributed by atoms with Gasteiger partial charge in [0, 0.05) is 0 Å². The molecule has 0 unspecified atom stereocenters. The lowest BCUT2D eigenvalue weighted by Crippen LogP contribution is -2.39. The first kappa shape index (κ1) is 16.3. The molecule has 1 fully saturated rings. The lowest BCUT2D eigenvalue weighted by atomic mass is 9.93. The van der Waals surface area contributed by atoms with E-state index in [4.69, 9.17) is 4.74 Å². The van der Waals surface area contributed by atoms with Gasteiger partial charge in [0.05, 0.1) is 22.7 Å². The summed E-state index contributed by atoms with van der Waals surface area (Å²) in [5.41, 5.74) is 0. The number of hydrogen-bond acceptors (Lipinski definition) is 4. The molecule has 130 valence electrons. The second kappa shape index (κ2) is 5.99. The quantitative estimate of drug-likeness (QED) is 0.622. The summed E-state index contributed by atoms with van der Waals surface area (Å²) in [5.74, 6) is -1.15. The molecule has 0 radical (unpaired) electrons. The van der Waals surface area contributed by atoms with Gasteiger partial charge in [0.2, 0.25) is 0 Å². The minimum absolute atomic E-state index is 0.0377. The summed E-state index contributed by atoms with van der Waals surface area (Å²) in [6.07, 6.45) is 4.63. The SMILES string of the molecule is CCOC(=O)[C@@H]1[C@H](S(=O)(=O)c2ccc3ccccc3c2)[C@@H]2C=C[C@H]1C2. The van der Waals surface area contributed by atoms with Crippen molar-refractivity contribution in [2.45, 2.75) is 23.5 Å². The largest absolute Gasteiger partial charge is 0.466 e. The molecule has 4 rings (SSSR count). The Bertz CT molecular complexity index is 961. The fourth-order valence-corrected chi connectivity index (χ4v) is 6.47. The third-order valence-corrected chi connectivity index (χ3v) is 7.62. The molecule has 0 aromatic heterocycles. The van der Waals surface area contributed by atoms with Gasteiger partial charge in [0.25, 0.3) is 0 Å². The summed E-state index contributed by atoms with van der Waals surface area (Å²) >= 11 is 0. The van der Waals surface area contributed by atoms with Gasteiger partial charge in [-0.25, -0.2) is 8.42 Å². The van der Waals surface area contributed by atoms with E-state index in [1.807, 2.05) is 42.5 Å². The topological polar surface area (TPSA) is 60.4 Å². The summed E-state index contributed by atoms with van der Waals surface area (Å²) in [4.78, 5) is 12.7. The number of benzene rings is 2. The van der Waals surface area contributed by atoms with E-state index in [0.29, 0.717) is 6.42 Å². The van der Waals surface area contributed by atoms with Crippen LogP contribution in [0.1, 0.15) is 13.3 Å². The molecular weight excluding hydrogens is 336 g/mol. The van der Waals surface area contributed by atoms with E-state index in [1.165, 1.54) is 0 Å². The Hall–Kier alpha value is -2.14. The van der Waals surface area contributed by atoms with Gasteiger partial charge in [-0.3, -0.25) is 4.79 Å². The van der Waals surface area contributed by atoms with Gasteiger partial charge in [0.15, 0.2) is 9.84 Å². The van der Waals surface area contributed by atoms with Crippen molar-refractivity contribution in [3.63, 3.8) is 0 Å². The summed E-state index contributed by atoms with van der Waals surface area (Å²) in [5, 5.41) is 1.15. The number of allylic oxidation sites excluding steroid dienone is 2. The molecule has 5 heteroatoms. The van der Waals surface area contributed by atoms with Crippen molar-refractivity contribution in [3.8, 4) is 0 Å². The molecule has 2 aliphatic rings. The van der Waals surface area contributed by atoms with Crippen LogP contribution in [0.15, 0.2) is 59.5 Å². The van der Waals surface area contributed by atoms with Crippen molar-refractivity contribution >= 4 is 26.6 Å². The number of carbonyl (C=O) groups excluding carboxylic acids is 1. The van der Waals surface area contributed by atoms with Crippen LogP contribution in [0.25, 0.3) is 10.8 Å². The predicted molar refractivity (Wildman–Crippen MR) is 95.8 cm³/mol. The second-order valence-corrected chi connectivity index (χ2v) is 8.85. The highest BCUT2D eigenvalue weighted by atomic mass is 32.2. The lowest BCUT2D eigenvalue weighted by molar-refractivity contribution is -0.148. The molecule has 4 nitrogen and oxygen atoms in total. The first-order valence-corrected chi connectivity index (χ1v) is 10.1. The molecule has 0 spiro atoms. The van der Waals surface area contributed by atoms with Gasteiger partial charge >= 0.3 is 5.97 Å². The molecule has 0 amide bonds. The molecule has 0 N–H and O–H groups in total. The van der Waals surface area contributed by atoms with Crippen molar-refractivity contribution in [2.75, 3.05) is 6.61 Å². The Morgan fingerprint density at radius 3 is 2.56 bits per heavy atom. The number of fused-ring (bicyclic) bond motifs is 3. The Morgan fingerprint density at radius 2 is 1.80 bits per heavy atom. The number of rotatable bonds is 4. The van der Waals surface area contributed by atoms with Crippen LogP contribution in [-0.4, -0.2) is 26.2 Å². The molecule has 0 saturated heterocycles. The maximum atomic E-state index is 13.3. The number of esters is 1. The summed E-state index contributed by atoms with van der Waals surface area (Å²) in [7, 11) is -3.63. The highest BCUT2D eigenvalue weighted by Crippen LogP contribution is 2.49. The van der Waals surface area contributed by atoms with E-state index >= 15 is 0 Å². The van der Waals surface area contributed by atoms with Crippen LogP contribution in [0.3, 0.4) is 0 Å². The Balaban J connectivity index is 1.77. The molecule has 2 aliphatic carbocycles. The normalized spacial score (nSPS) is 27.7. The smallest absolute Gasteiger partial charge is 0.310 e. The van der Waals surface area contributed by atoms with Crippen molar-refractivity contribution in [3.05, 3.63) is 54.6 Å². The zero-order valence-corrected chi connectivity index (χ0v) is 14.8. The average Bonchev–Trinajstić information content (AvgIpc) is 3.23. The van der Waals surface area contributed by atoms with E-state index in [1.54, 1.807) is 19.1 Å². The van der Waals surface area contributed by atoms with Crippen LogP contribution < -0.4 is 0 Å². The molecular formula is C20H20O4S. The van der Waals surface area contributed by atoms with Crippen LogP contribution in [0, 0.1) is 17.8 Å². The van der Waals surface area contributed by atoms with Gasteiger partial charge in [0.1, 0.15) is 0 Å². The Kier molecular flexibility index (Phi) is 3.91. The summed E-state index contributed by atoms with van der Waals surface area (Å²) in [6, 6.07) is 12.8. The van der Waals surface area contributed by atoms with Gasteiger partial charge < -0.3 is 4.74 Å². The zero-order valence-electron chi connectivity index (χ0n) is 14.0. The maximum Gasteiger partial charge on any atom is 0.310 e. The van der Waals surface area contributed by atoms with Crippen molar-refractivity contribution in [1.29, 1.82) is 0 Å². The summed E-state index contributed by atoms with van der Waals surface area (Å²) < 4.78 is 31.9. The monoisotopic (exact) mass is 356 g/mol. The van der Waals surface area contributed by atoms with Crippen LogP contribution in [0.4, 0.5) is 0 Å².